The van der Waals surface area contributed by atoms with E-state index in [1.165, 1.54) is 25.9 Å². The standard InChI is InChI=1S/C12H23N5/c1-12(2,17-6-4-5-7-17)10(13)8-11-14-9-15-16(11)3/h9-10H,4-8,13H2,1-3H3. The van der Waals surface area contributed by atoms with Gasteiger partial charge in [-0.3, -0.25) is 9.58 Å². The van der Waals surface area contributed by atoms with Crippen molar-refractivity contribution >= 4 is 0 Å². The minimum atomic E-state index is 0.0302. The minimum absolute atomic E-state index is 0.0302. The van der Waals surface area contributed by atoms with E-state index in [4.69, 9.17) is 5.73 Å². The van der Waals surface area contributed by atoms with E-state index in [2.05, 4.69) is 28.8 Å². The van der Waals surface area contributed by atoms with Gasteiger partial charge >= 0.3 is 0 Å². The predicted molar refractivity (Wildman–Crippen MR) is 67.6 cm³/mol. The zero-order chi connectivity index (χ0) is 12.5. The Morgan fingerprint density at radius 2 is 2.06 bits per heavy atom. The van der Waals surface area contributed by atoms with Gasteiger partial charge in [-0.2, -0.15) is 5.10 Å². The molecule has 1 fully saturated rings. The molecule has 1 unspecified atom stereocenters. The SMILES string of the molecule is Cn1ncnc1CC(N)C(C)(C)N1CCCC1. The van der Waals surface area contributed by atoms with Gasteiger partial charge in [-0.25, -0.2) is 4.98 Å². The van der Waals surface area contributed by atoms with E-state index in [9.17, 15) is 0 Å². The molecule has 0 saturated carbocycles. The number of nitrogens with two attached hydrogens (primary N) is 1. The van der Waals surface area contributed by atoms with Crippen LogP contribution >= 0.6 is 0 Å². The van der Waals surface area contributed by atoms with Crippen LogP contribution in [0.3, 0.4) is 0 Å². The fourth-order valence-corrected chi connectivity index (χ4v) is 2.48. The van der Waals surface area contributed by atoms with Gasteiger partial charge in [0.15, 0.2) is 0 Å². The number of aromatic nitrogens is 3. The number of rotatable bonds is 4. The molecule has 0 aromatic carbocycles. The third-order valence-electron chi connectivity index (χ3n) is 4.04. The van der Waals surface area contributed by atoms with Crippen LogP contribution in [-0.2, 0) is 13.5 Å². The van der Waals surface area contributed by atoms with Crippen molar-refractivity contribution in [3.05, 3.63) is 12.2 Å². The fourth-order valence-electron chi connectivity index (χ4n) is 2.48. The van der Waals surface area contributed by atoms with Crippen molar-refractivity contribution in [1.29, 1.82) is 0 Å². The molecule has 5 nitrogen and oxygen atoms in total. The van der Waals surface area contributed by atoms with Crippen LogP contribution in [-0.4, -0.2) is 44.3 Å². The van der Waals surface area contributed by atoms with Crippen LogP contribution in [0.1, 0.15) is 32.5 Å². The Morgan fingerprint density at radius 1 is 1.41 bits per heavy atom. The summed E-state index contributed by atoms with van der Waals surface area (Å²) >= 11 is 0. The molecule has 17 heavy (non-hydrogen) atoms. The Bertz CT molecular complexity index is 365. The van der Waals surface area contributed by atoms with E-state index in [-0.39, 0.29) is 11.6 Å². The molecule has 0 radical (unpaired) electrons. The molecule has 1 aromatic heterocycles. The Labute approximate surface area is 103 Å². The molecule has 96 valence electrons. The maximum atomic E-state index is 6.37. The highest BCUT2D eigenvalue weighted by atomic mass is 15.3. The molecule has 0 amide bonds. The van der Waals surface area contributed by atoms with E-state index in [0.29, 0.717) is 0 Å². The first-order chi connectivity index (χ1) is 8.01. The van der Waals surface area contributed by atoms with Crippen molar-refractivity contribution < 1.29 is 0 Å². The largest absolute Gasteiger partial charge is 0.326 e. The lowest BCUT2D eigenvalue weighted by atomic mass is 9.90. The van der Waals surface area contributed by atoms with E-state index in [1.807, 2.05) is 7.05 Å². The number of nitrogens with zero attached hydrogens (tertiary/aromatic N) is 4. The Hall–Kier alpha value is -0.940. The minimum Gasteiger partial charge on any atom is -0.326 e. The Kier molecular flexibility index (Phi) is 3.49. The average molecular weight is 237 g/mol. The highest BCUT2D eigenvalue weighted by molar-refractivity contribution is 4.99. The van der Waals surface area contributed by atoms with E-state index in [1.54, 1.807) is 11.0 Å². The first-order valence-corrected chi connectivity index (χ1v) is 6.35. The Morgan fingerprint density at radius 3 is 2.59 bits per heavy atom. The van der Waals surface area contributed by atoms with Crippen LogP contribution < -0.4 is 5.73 Å². The maximum Gasteiger partial charge on any atom is 0.138 e. The molecule has 2 N–H and O–H groups in total. The van der Waals surface area contributed by atoms with E-state index in [0.717, 1.165) is 12.2 Å². The third-order valence-corrected chi connectivity index (χ3v) is 4.04. The van der Waals surface area contributed by atoms with Gasteiger partial charge in [-0.1, -0.05) is 0 Å². The van der Waals surface area contributed by atoms with Crippen LogP contribution in [0.4, 0.5) is 0 Å². The lowest BCUT2D eigenvalue weighted by Crippen LogP contribution is -2.56. The molecule has 1 aromatic rings. The first kappa shape index (κ1) is 12.5. The van der Waals surface area contributed by atoms with Gasteiger partial charge in [0.05, 0.1) is 0 Å². The molecule has 1 aliphatic heterocycles. The van der Waals surface area contributed by atoms with Crippen LogP contribution in [0.5, 0.6) is 0 Å². The monoisotopic (exact) mass is 237 g/mol. The summed E-state index contributed by atoms with van der Waals surface area (Å²) in [5, 5.41) is 4.09. The maximum absolute atomic E-state index is 6.37. The average Bonchev–Trinajstić information content (AvgIpc) is 2.90. The molecule has 1 atom stereocenters. The van der Waals surface area contributed by atoms with Crippen LogP contribution in [0.2, 0.25) is 0 Å². The highest BCUT2D eigenvalue weighted by Crippen LogP contribution is 2.24. The summed E-state index contributed by atoms with van der Waals surface area (Å²) in [6, 6.07) is 0.0866. The molecule has 5 heteroatoms. The van der Waals surface area contributed by atoms with Gasteiger partial charge in [0, 0.05) is 25.0 Å². The van der Waals surface area contributed by atoms with Gasteiger partial charge < -0.3 is 5.73 Å². The lowest BCUT2D eigenvalue weighted by Gasteiger charge is -2.40. The number of likely N-dealkylation sites (tertiary alicyclic amines) is 1. The summed E-state index contributed by atoms with van der Waals surface area (Å²) in [4.78, 5) is 6.74. The first-order valence-electron chi connectivity index (χ1n) is 6.35. The summed E-state index contributed by atoms with van der Waals surface area (Å²) in [6.45, 7) is 6.80. The number of hydrogen-bond donors (Lipinski definition) is 1. The van der Waals surface area contributed by atoms with Crippen molar-refractivity contribution in [3.8, 4) is 0 Å². The normalized spacial score (nSPS) is 19.8. The molecule has 2 heterocycles. The highest BCUT2D eigenvalue weighted by Gasteiger charge is 2.35. The molecule has 0 aliphatic carbocycles. The van der Waals surface area contributed by atoms with Crippen LogP contribution in [0.25, 0.3) is 0 Å². The topological polar surface area (TPSA) is 60.0 Å². The Balaban J connectivity index is 2.03. The van der Waals surface area contributed by atoms with Crippen molar-refractivity contribution in [2.45, 2.75) is 44.7 Å². The van der Waals surface area contributed by atoms with Gasteiger partial charge in [-0.15, -0.1) is 0 Å². The molecule has 2 rings (SSSR count). The van der Waals surface area contributed by atoms with Crippen LogP contribution in [0, 0.1) is 0 Å². The number of hydrogen-bond acceptors (Lipinski definition) is 4. The van der Waals surface area contributed by atoms with Gasteiger partial charge in [0.2, 0.25) is 0 Å². The smallest absolute Gasteiger partial charge is 0.138 e. The van der Waals surface area contributed by atoms with Crippen molar-refractivity contribution in [2.75, 3.05) is 13.1 Å². The van der Waals surface area contributed by atoms with E-state index >= 15 is 0 Å². The summed E-state index contributed by atoms with van der Waals surface area (Å²) in [5.74, 6) is 0.963. The molecule has 1 aliphatic rings. The molecule has 0 bridgehead atoms. The quantitative estimate of drug-likeness (QED) is 0.831. The van der Waals surface area contributed by atoms with Crippen molar-refractivity contribution in [1.82, 2.24) is 19.7 Å². The molecule has 0 spiro atoms. The third kappa shape index (κ3) is 2.50. The summed E-state index contributed by atoms with van der Waals surface area (Å²) < 4.78 is 1.81. The second kappa shape index (κ2) is 4.74. The van der Waals surface area contributed by atoms with Gasteiger partial charge in [-0.05, 0) is 39.8 Å². The summed E-state index contributed by atoms with van der Waals surface area (Å²) in [7, 11) is 1.91. The van der Waals surface area contributed by atoms with Crippen molar-refractivity contribution in [2.24, 2.45) is 12.8 Å². The summed E-state index contributed by atoms with van der Waals surface area (Å²) in [5.41, 5.74) is 6.40. The predicted octanol–water partition coefficient (Wildman–Crippen LogP) is 0.559. The lowest BCUT2D eigenvalue weighted by molar-refractivity contribution is 0.122. The van der Waals surface area contributed by atoms with E-state index < -0.39 is 0 Å². The second-order valence-electron chi connectivity index (χ2n) is 5.46. The summed E-state index contributed by atoms with van der Waals surface area (Å²) in [6.07, 6.45) is 4.95. The fraction of sp³-hybridized carbons (Fsp3) is 0.833. The zero-order valence-electron chi connectivity index (χ0n) is 11.1. The van der Waals surface area contributed by atoms with Crippen LogP contribution in [0.15, 0.2) is 6.33 Å². The van der Waals surface area contributed by atoms with Crippen molar-refractivity contribution in [3.63, 3.8) is 0 Å². The molecular formula is C12H23N5. The van der Waals surface area contributed by atoms with Gasteiger partial charge in [0.25, 0.3) is 0 Å². The zero-order valence-corrected chi connectivity index (χ0v) is 11.1. The van der Waals surface area contributed by atoms with Gasteiger partial charge in [0.1, 0.15) is 12.2 Å². The molecular weight excluding hydrogens is 214 g/mol. The second-order valence-corrected chi connectivity index (χ2v) is 5.46. The number of aryl methyl sites for hydroxylation is 1. The molecule has 1 saturated heterocycles.